The summed E-state index contributed by atoms with van der Waals surface area (Å²) in [5.74, 6) is 2.26. The summed E-state index contributed by atoms with van der Waals surface area (Å²) < 4.78 is 4.98. The topological polar surface area (TPSA) is 88.8 Å². The minimum atomic E-state index is 0.363. The number of nitrogens with one attached hydrogen (secondary N) is 2. The minimum Gasteiger partial charge on any atom is -0.365 e. The number of hydrogen-bond acceptors (Lipinski definition) is 7. The molecule has 0 aliphatic heterocycles. The third kappa shape index (κ3) is 3.57. The van der Waals surface area contributed by atoms with Gasteiger partial charge in [-0.15, -0.1) is 5.10 Å². The normalized spacial score (nSPS) is 10.5. The van der Waals surface area contributed by atoms with E-state index < -0.39 is 0 Å². The second-order valence-electron chi connectivity index (χ2n) is 4.96. The Kier molecular flexibility index (Phi) is 3.95. The molecule has 0 fully saturated rings. The molecule has 0 aliphatic rings. The van der Waals surface area contributed by atoms with Crippen LogP contribution in [0.5, 0.6) is 0 Å². The number of nitrogens with zero attached hydrogens (tertiary/aromatic N) is 4. The molecule has 0 aliphatic carbocycles. The molecule has 0 bridgehead atoms. The molecule has 7 nitrogen and oxygen atoms in total. The zero-order chi connectivity index (χ0) is 15.4. The van der Waals surface area contributed by atoms with Gasteiger partial charge < -0.3 is 15.2 Å². The molecular weight excluding hydrogens is 280 g/mol. The lowest BCUT2D eigenvalue weighted by molar-refractivity contribution is 0.400. The first kappa shape index (κ1) is 14.0. The van der Waals surface area contributed by atoms with Crippen LogP contribution in [-0.4, -0.2) is 20.3 Å². The van der Waals surface area contributed by atoms with Crippen molar-refractivity contribution in [3.05, 3.63) is 53.4 Å². The summed E-state index contributed by atoms with van der Waals surface area (Å²) >= 11 is 0. The lowest BCUT2D eigenvalue weighted by atomic mass is 10.1. The smallest absolute Gasteiger partial charge is 0.250 e. The maximum atomic E-state index is 4.98. The number of hydrogen-bond donors (Lipinski definition) is 2. The summed E-state index contributed by atoms with van der Waals surface area (Å²) in [5, 5.41) is 17.8. The third-order valence-corrected chi connectivity index (χ3v) is 2.98. The van der Waals surface area contributed by atoms with Crippen LogP contribution in [0.1, 0.15) is 16.9 Å². The van der Waals surface area contributed by atoms with Crippen LogP contribution in [0.15, 0.2) is 41.1 Å². The lowest BCUT2D eigenvalue weighted by Crippen LogP contribution is -2.05. The number of benzene rings is 1. The van der Waals surface area contributed by atoms with Crippen LogP contribution in [-0.2, 0) is 6.54 Å². The second kappa shape index (κ2) is 6.21. The number of aryl methyl sites for hydroxylation is 2. The molecule has 112 valence electrons. The Hall–Kier alpha value is -2.96. The van der Waals surface area contributed by atoms with Crippen LogP contribution < -0.4 is 10.6 Å². The van der Waals surface area contributed by atoms with Crippen LogP contribution in [0.2, 0.25) is 0 Å². The van der Waals surface area contributed by atoms with Gasteiger partial charge in [0.2, 0.25) is 5.95 Å². The Bertz CT molecular complexity index is 770. The van der Waals surface area contributed by atoms with Gasteiger partial charge in [-0.1, -0.05) is 35.0 Å². The molecular formula is C15H16N6O. The standard InChI is InChI=1S/C15H16N6O/c1-10-4-3-5-12(6-10)8-16-14-9-17-20-15(19-14)18-13-7-11(2)22-21-13/h3-7,9H,8H2,1-2H3,(H2,16,18,19,20,21). The molecule has 2 N–H and O–H groups in total. The maximum absolute atomic E-state index is 4.98. The predicted molar refractivity (Wildman–Crippen MR) is 82.9 cm³/mol. The van der Waals surface area contributed by atoms with Crippen LogP contribution in [0.4, 0.5) is 17.6 Å². The van der Waals surface area contributed by atoms with Gasteiger partial charge in [-0.05, 0) is 19.4 Å². The van der Waals surface area contributed by atoms with Gasteiger partial charge in [-0.2, -0.15) is 10.1 Å². The van der Waals surface area contributed by atoms with Gasteiger partial charge in [0.15, 0.2) is 11.6 Å². The van der Waals surface area contributed by atoms with E-state index in [1.807, 2.05) is 13.0 Å². The molecule has 1 aromatic carbocycles. The quantitative estimate of drug-likeness (QED) is 0.748. The molecule has 3 aromatic rings. The molecule has 0 saturated heterocycles. The van der Waals surface area contributed by atoms with Gasteiger partial charge in [0.1, 0.15) is 5.76 Å². The molecule has 0 unspecified atom stereocenters. The summed E-state index contributed by atoms with van der Waals surface area (Å²) in [6.45, 7) is 4.55. The summed E-state index contributed by atoms with van der Waals surface area (Å²) in [6, 6.07) is 10.0. The fourth-order valence-corrected chi connectivity index (χ4v) is 2.00. The highest BCUT2D eigenvalue weighted by Gasteiger charge is 2.05. The van der Waals surface area contributed by atoms with Crippen molar-refractivity contribution in [2.45, 2.75) is 20.4 Å². The van der Waals surface area contributed by atoms with E-state index in [9.17, 15) is 0 Å². The van der Waals surface area contributed by atoms with E-state index in [2.05, 4.69) is 56.1 Å². The van der Waals surface area contributed by atoms with Crippen molar-refractivity contribution in [1.82, 2.24) is 20.3 Å². The molecule has 0 spiro atoms. The zero-order valence-corrected chi connectivity index (χ0v) is 12.4. The second-order valence-corrected chi connectivity index (χ2v) is 4.96. The zero-order valence-electron chi connectivity index (χ0n) is 12.4. The lowest BCUT2D eigenvalue weighted by Gasteiger charge is -2.07. The van der Waals surface area contributed by atoms with E-state index in [0.29, 0.717) is 29.9 Å². The van der Waals surface area contributed by atoms with Crippen molar-refractivity contribution in [3.8, 4) is 0 Å². The Morgan fingerprint density at radius 2 is 2.05 bits per heavy atom. The van der Waals surface area contributed by atoms with Gasteiger partial charge in [0.05, 0.1) is 6.20 Å². The molecule has 2 aromatic heterocycles. The number of aromatic nitrogens is 4. The van der Waals surface area contributed by atoms with Crippen LogP contribution in [0, 0.1) is 13.8 Å². The van der Waals surface area contributed by atoms with E-state index in [0.717, 1.165) is 0 Å². The third-order valence-electron chi connectivity index (χ3n) is 2.98. The average Bonchev–Trinajstić information content (AvgIpc) is 2.91. The van der Waals surface area contributed by atoms with Gasteiger partial charge in [-0.3, -0.25) is 0 Å². The first-order chi connectivity index (χ1) is 10.7. The first-order valence-electron chi connectivity index (χ1n) is 6.88. The number of rotatable bonds is 5. The highest BCUT2D eigenvalue weighted by Crippen LogP contribution is 2.13. The molecule has 0 amide bonds. The van der Waals surface area contributed by atoms with Gasteiger partial charge in [0.25, 0.3) is 0 Å². The average molecular weight is 296 g/mol. The molecule has 0 saturated carbocycles. The molecule has 22 heavy (non-hydrogen) atoms. The van der Waals surface area contributed by atoms with Crippen LogP contribution >= 0.6 is 0 Å². The van der Waals surface area contributed by atoms with Crippen molar-refractivity contribution in [3.63, 3.8) is 0 Å². The summed E-state index contributed by atoms with van der Waals surface area (Å²) in [4.78, 5) is 4.34. The van der Waals surface area contributed by atoms with E-state index in [4.69, 9.17) is 4.52 Å². The molecule has 0 radical (unpaired) electrons. The minimum absolute atomic E-state index is 0.363. The van der Waals surface area contributed by atoms with Crippen molar-refractivity contribution in [2.75, 3.05) is 10.6 Å². The number of anilines is 3. The van der Waals surface area contributed by atoms with E-state index in [1.165, 1.54) is 11.1 Å². The predicted octanol–water partition coefficient (Wildman–Crippen LogP) is 2.83. The van der Waals surface area contributed by atoms with Gasteiger partial charge >= 0.3 is 0 Å². The fraction of sp³-hybridized carbons (Fsp3) is 0.200. The Morgan fingerprint density at radius 3 is 2.82 bits per heavy atom. The van der Waals surface area contributed by atoms with Crippen LogP contribution in [0.25, 0.3) is 0 Å². The van der Waals surface area contributed by atoms with E-state index in [1.54, 1.807) is 12.3 Å². The van der Waals surface area contributed by atoms with E-state index in [-0.39, 0.29) is 0 Å². The van der Waals surface area contributed by atoms with Crippen molar-refractivity contribution < 1.29 is 4.52 Å². The highest BCUT2D eigenvalue weighted by atomic mass is 16.5. The Morgan fingerprint density at radius 1 is 1.14 bits per heavy atom. The highest BCUT2D eigenvalue weighted by molar-refractivity contribution is 5.48. The molecule has 0 atom stereocenters. The van der Waals surface area contributed by atoms with Gasteiger partial charge in [0, 0.05) is 12.6 Å². The Balaban J connectivity index is 1.66. The molecule has 7 heteroatoms. The van der Waals surface area contributed by atoms with Crippen molar-refractivity contribution >= 4 is 17.6 Å². The maximum Gasteiger partial charge on any atom is 0.250 e. The monoisotopic (exact) mass is 296 g/mol. The summed E-state index contributed by atoms with van der Waals surface area (Å²) in [6.07, 6.45) is 1.58. The Labute approximate surface area is 127 Å². The summed E-state index contributed by atoms with van der Waals surface area (Å²) in [7, 11) is 0. The largest absolute Gasteiger partial charge is 0.365 e. The fourth-order valence-electron chi connectivity index (χ4n) is 2.00. The van der Waals surface area contributed by atoms with Crippen molar-refractivity contribution in [1.29, 1.82) is 0 Å². The SMILES string of the molecule is Cc1cccc(CNc2cnnc(Nc3cc(C)on3)n2)c1. The van der Waals surface area contributed by atoms with E-state index >= 15 is 0 Å². The van der Waals surface area contributed by atoms with Crippen LogP contribution in [0.3, 0.4) is 0 Å². The van der Waals surface area contributed by atoms with Gasteiger partial charge in [-0.25, -0.2) is 0 Å². The summed E-state index contributed by atoms with van der Waals surface area (Å²) in [5.41, 5.74) is 2.41. The first-order valence-corrected chi connectivity index (χ1v) is 6.88. The molecule has 2 heterocycles. The van der Waals surface area contributed by atoms with Crippen molar-refractivity contribution in [2.24, 2.45) is 0 Å². The molecule has 3 rings (SSSR count).